The van der Waals surface area contributed by atoms with Gasteiger partial charge in [0.15, 0.2) is 0 Å². The Bertz CT molecular complexity index is 1230. The molecule has 2 aromatic heterocycles. The van der Waals surface area contributed by atoms with E-state index in [9.17, 15) is 14.4 Å². The van der Waals surface area contributed by atoms with Gasteiger partial charge in [-0.25, -0.2) is 9.78 Å². The Morgan fingerprint density at radius 3 is 2.53 bits per heavy atom. The number of ether oxygens (including phenoxy) is 1. The Hall–Kier alpha value is -3.42. The van der Waals surface area contributed by atoms with E-state index in [2.05, 4.69) is 4.98 Å². The van der Waals surface area contributed by atoms with Crippen molar-refractivity contribution < 1.29 is 9.53 Å². The largest absolute Gasteiger partial charge is 0.494 e. The third kappa shape index (κ3) is 3.28. The van der Waals surface area contributed by atoms with Crippen molar-refractivity contribution >= 4 is 16.9 Å². The van der Waals surface area contributed by atoms with Gasteiger partial charge in [0.05, 0.1) is 18.0 Å². The molecule has 0 saturated carbocycles. The molecule has 1 fully saturated rings. The average Bonchev–Trinajstić information content (AvgIpc) is 3.26. The van der Waals surface area contributed by atoms with Gasteiger partial charge in [-0.2, -0.15) is 0 Å². The highest BCUT2D eigenvalue weighted by Gasteiger charge is 2.31. The molecule has 1 atom stereocenters. The van der Waals surface area contributed by atoms with Crippen LogP contribution in [0.2, 0.25) is 0 Å². The summed E-state index contributed by atoms with van der Waals surface area (Å²) in [5.74, 6) is 0.595. The molecular weight excluding hydrogens is 384 g/mol. The number of carbonyl (C=O) groups is 1. The fraction of sp³-hybridized carbons (Fsp3) is 0.364. The number of carbonyl (C=O) groups excluding carboxylic acids is 1. The van der Waals surface area contributed by atoms with Crippen LogP contribution in [0.1, 0.15) is 41.9 Å². The lowest BCUT2D eigenvalue weighted by molar-refractivity contribution is 0.0730. The van der Waals surface area contributed by atoms with Crippen molar-refractivity contribution in [1.82, 2.24) is 19.0 Å². The van der Waals surface area contributed by atoms with E-state index in [1.54, 1.807) is 19.2 Å². The number of fused-ring (bicyclic) bond motifs is 1. The van der Waals surface area contributed by atoms with Crippen LogP contribution in [0.5, 0.6) is 5.75 Å². The van der Waals surface area contributed by atoms with E-state index in [0.29, 0.717) is 18.5 Å². The summed E-state index contributed by atoms with van der Waals surface area (Å²) in [4.78, 5) is 44.0. The maximum Gasteiger partial charge on any atom is 0.332 e. The molecule has 30 heavy (non-hydrogen) atoms. The second kappa shape index (κ2) is 7.78. The summed E-state index contributed by atoms with van der Waals surface area (Å²) in [6.45, 7) is 3.17. The minimum absolute atomic E-state index is 0.0434. The van der Waals surface area contributed by atoms with Crippen LogP contribution in [-0.4, -0.2) is 38.1 Å². The maximum atomic E-state index is 13.3. The fourth-order valence-electron chi connectivity index (χ4n) is 4.03. The molecule has 1 aliphatic heterocycles. The van der Waals surface area contributed by atoms with E-state index in [4.69, 9.17) is 4.74 Å². The summed E-state index contributed by atoms with van der Waals surface area (Å²) in [7, 11) is 2.97. The van der Waals surface area contributed by atoms with E-state index in [1.807, 2.05) is 36.1 Å². The molecule has 1 amide bonds. The summed E-state index contributed by atoms with van der Waals surface area (Å²) < 4.78 is 7.83. The first-order chi connectivity index (χ1) is 14.4. The lowest BCUT2D eigenvalue weighted by atomic mass is 10.0. The van der Waals surface area contributed by atoms with Gasteiger partial charge >= 0.3 is 5.69 Å². The number of aryl methyl sites for hydroxylation is 1. The number of nitrogens with zero attached hydrogens (tertiary/aromatic N) is 4. The summed E-state index contributed by atoms with van der Waals surface area (Å²) in [6, 6.07) is 10.9. The van der Waals surface area contributed by atoms with Crippen LogP contribution in [0.3, 0.4) is 0 Å². The number of hydrogen-bond donors (Lipinski definition) is 0. The Morgan fingerprint density at radius 1 is 1.10 bits per heavy atom. The highest BCUT2D eigenvalue weighted by atomic mass is 16.5. The van der Waals surface area contributed by atoms with Crippen molar-refractivity contribution in [2.24, 2.45) is 14.1 Å². The van der Waals surface area contributed by atoms with Crippen LogP contribution in [0, 0.1) is 0 Å². The molecular formula is C22H24N4O4. The summed E-state index contributed by atoms with van der Waals surface area (Å²) in [5, 5.41) is 0.306. The van der Waals surface area contributed by atoms with Gasteiger partial charge in [-0.15, -0.1) is 0 Å². The monoisotopic (exact) mass is 408 g/mol. The summed E-state index contributed by atoms with van der Waals surface area (Å²) >= 11 is 0. The van der Waals surface area contributed by atoms with Crippen molar-refractivity contribution in [3.63, 3.8) is 0 Å². The minimum atomic E-state index is -0.474. The van der Waals surface area contributed by atoms with E-state index in [1.165, 1.54) is 11.6 Å². The first kappa shape index (κ1) is 19.9. The van der Waals surface area contributed by atoms with Crippen LogP contribution in [0.25, 0.3) is 11.0 Å². The number of benzene rings is 1. The third-order valence-corrected chi connectivity index (χ3v) is 5.61. The van der Waals surface area contributed by atoms with Gasteiger partial charge in [-0.3, -0.25) is 18.7 Å². The predicted molar refractivity (Wildman–Crippen MR) is 113 cm³/mol. The number of aromatic nitrogens is 3. The van der Waals surface area contributed by atoms with Crippen LogP contribution in [0.4, 0.5) is 0 Å². The molecule has 0 unspecified atom stereocenters. The molecule has 1 aliphatic rings. The quantitative estimate of drug-likeness (QED) is 0.659. The highest BCUT2D eigenvalue weighted by Crippen LogP contribution is 2.33. The Kier molecular flexibility index (Phi) is 5.15. The fourth-order valence-corrected chi connectivity index (χ4v) is 4.03. The molecule has 1 aromatic carbocycles. The van der Waals surface area contributed by atoms with Gasteiger partial charge in [0, 0.05) is 20.6 Å². The smallest absolute Gasteiger partial charge is 0.332 e. The van der Waals surface area contributed by atoms with Crippen LogP contribution >= 0.6 is 0 Å². The van der Waals surface area contributed by atoms with E-state index < -0.39 is 11.2 Å². The van der Waals surface area contributed by atoms with Crippen molar-refractivity contribution in [1.29, 1.82) is 0 Å². The zero-order chi connectivity index (χ0) is 21.4. The molecule has 156 valence electrons. The van der Waals surface area contributed by atoms with E-state index in [0.717, 1.165) is 28.7 Å². The number of amides is 1. The van der Waals surface area contributed by atoms with E-state index in [-0.39, 0.29) is 23.3 Å². The number of hydrogen-bond acceptors (Lipinski definition) is 5. The van der Waals surface area contributed by atoms with Gasteiger partial charge in [-0.05, 0) is 49.6 Å². The molecule has 0 bridgehead atoms. The maximum absolute atomic E-state index is 13.3. The van der Waals surface area contributed by atoms with Gasteiger partial charge in [0.1, 0.15) is 17.1 Å². The third-order valence-electron chi connectivity index (χ3n) is 5.61. The average molecular weight is 408 g/mol. The Balaban J connectivity index is 1.68. The number of rotatable bonds is 4. The van der Waals surface area contributed by atoms with Crippen molar-refractivity contribution in [2.45, 2.75) is 25.8 Å². The summed E-state index contributed by atoms with van der Waals surface area (Å²) in [6.07, 6.45) is 1.77. The van der Waals surface area contributed by atoms with Gasteiger partial charge in [-0.1, -0.05) is 12.1 Å². The van der Waals surface area contributed by atoms with Gasteiger partial charge in [0.25, 0.3) is 11.5 Å². The highest BCUT2D eigenvalue weighted by molar-refractivity contribution is 5.94. The van der Waals surface area contributed by atoms with Gasteiger partial charge < -0.3 is 9.64 Å². The molecule has 0 spiro atoms. The molecule has 3 aromatic rings. The molecule has 4 rings (SSSR count). The zero-order valence-electron chi connectivity index (χ0n) is 17.3. The summed E-state index contributed by atoms with van der Waals surface area (Å²) in [5.41, 5.74) is 0.590. The first-order valence-corrected chi connectivity index (χ1v) is 10.0. The lowest BCUT2D eigenvalue weighted by Crippen LogP contribution is -2.38. The number of pyridine rings is 1. The zero-order valence-corrected chi connectivity index (χ0v) is 17.3. The van der Waals surface area contributed by atoms with Crippen molar-refractivity contribution in [3.8, 4) is 5.75 Å². The first-order valence-electron chi connectivity index (χ1n) is 10.0. The Labute approximate surface area is 173 Å². The van der Waals surface area contributed by atoms with Crippen LogP contribution in [-0.2, 0) is 14.1 Å². The molecule has 1 saturated heterocycles. The molecule has 8 nitrogen and oxygen atoms in total. The molecule has 0 radical (unpaired) electrons. The van der Waals surface area contributed by atoms with Crippen LogP contribution in [0.15, 0.2) is 46.0 Å². The van der Waals surface area contributed by atoms with E-state index >= 15 is 0 Å². The molecule has 8 heteroatoms. The topological polar surface area (TPSA) is 86.4 Å². The lowest BCUT2D eigenvalue weighted by Gasteiger charge is -2.25. The second-order valence-corrected chi connectivity index (χ2v) is 7.43. The SMILES string of the molecule is CCOc1ccc([C@H]2CCCN2C(=O)c2ccc3c(=O)n(C)c(=O)n(C)c3n2)cc1. The molecule has 3 heterocycles. The molecule has 0 aliphatic carbocycles. The number of likely N-dealkylation sites (tertiary alicyclic amines) is 1. The normalized spacial score (nSPS) is 16.2. The van der Waals surface area contributed by atoms with Crippen LogP contribution < -0.4 is 16.0 Å². The standard InChI is InChI=1S/C22H24N4O4/c1-4-30-15-9-7-14(8-10-15)18-6-5-13-26(18)21(28)17-12-11-16-19(23-17)24(2)22(29)25(3)20(16)27/h7-12,18H,4-6,13H2,1-3H3/t18-/m1/s1. The predicted octanol–water partition coefficient (Wildman–Crippen LogP) is 2.01. The minimum Gasteiger partial charge on any atom is -0.494 e. The van der Waals surface area contributed by atoms with Gasteiger partial charge in [0.2, 0.25) is 0 Å². The Morgan fingerprint density at radius 2 is 1.83 bits per heavy atom. The second-order valence-electron chi connectivity index (χ2n) is 7.43. The molecule has 0 N–H and O–H groups in total. The van der Waals surface area contributed by atoms with Crippen molar-refractivity contribution in [3.05, 3.63) is 68.5 Å². The van der Waals surface area contributed by atoms with Crippen molar-refractivity contribution in [2.75, 3.05) is 13.2 Å².